The maximum absolute atomic E-state index is 12.2. The van der Waals surface area contributed by atoms with Crippen molar-refractivity contribution in [1.82, 2.24) is 4.98 Å². The van der Waals surface area contributed by atoms with Gasteiger partial charge in [-0.15, -0.1) is 22.7 Å². The lowest BCUT2D eigenvalue weighted by Crippen LogP contribution is -2.13. The van der Waals surface area contributed by atoms with Crippen molar-refractivity contribution in [3.63, 3.8) is 0 Å². The van der Waals surface area contributed by atoms with E-state index in [1.807, 2.05) is 24.3 Å². The van der Waals surface area contributed by atoms with Crippen LogP contribution in [0.1, 0.15) is 20.2 Å². The molecule has 0 fully saturated rings. The average molecular weight is 318 g/mol. The van der Waals surface area contributed by atoms with Crippen molar-refractivity contribution >= 4 is 49.8 Å². The van der Waals surface area contributed by atoms with Gasteiger partial charge in [0.1, 0.15) is 5.00 Å². The van der Waals surface area contributed by atoms with Crippen molar-refractivity contribution < 1.29 is 14.3 Å². The second-order valence-electron chi connectivity index (χ2n) is 4.10. The number of anilines is 1. The minimum Gasteiger partial charge on any atom is -0.465 e. The maximum atomic E-state index is 12.2. The van der Waals surface area contributed by atoms with Crippen LogP contribution < -0.4 is 5.32 Å². The number of ether oxygens (including phenoxy) is 1. The molecule has 0 saturated heterocycles. The number of carbonyl (C=O) groups excluding carboxylic acids is 2. The van der Waals surface area contributed by atoms with Gasteiger partial charge in [-0.2, -0.15) is 0 Å². The number of esters is 1. The van der Waals surface area contributed by atoms with Crippen LogP contribution in [0.2, 0.25) is 0 Å². The maximum Gasteiger partial charge on any atom is 0.340 e. The lowest BCUT2D eigenvalue weighted by Gasteiger charge is -2.02. The standard InChI is InChI=1S/C14H10N2O3S2/c1-19-14(18)8-6-7-20-12(8)16-11(17)13-15-9-4-2-3-5-10(9)21-13/h2-7H,1H3,(H,16,17). The smallest absolute Gasteiger partial charge is 0.340 e. The molecular weight excluding hydrogens is 308 g/mol. The van der Waals surface area contributed by atoms with Gasteiger partial charge in [0.25, 0.3) is 5.91 Å². The number of benzene rings is 1. The van der Waals surface area contributed by atoms with Gasteiger partial charge in [-0.25, -0.2) is 9.78 Å². The van der Waals surface area contributed by atoms with Gasteiger partial charge in [0.2, 0.25) is 0 Å². The SMILES string of the molecule is COC(=O)c1ccsc1NC(=O)c1nc2ccccc2s1. The third-order valence-electron chi connectivity index (χ3n) is 2.79. The van der Waals surface area contributed by atoms with E-state index in [2.05, 4.69) is 15.0 Å². The molecule has 2 heterocycles. The molecule has 0 radical (unpaired) electrons. The highest BCUT2D eigenvalue weighted by Crippen LogP contribution is 2.26. The first-order valence-electron chi connectivity index (χ1n) is 6.02. The second kappa shape index (κ2) is 5.63. The monoisotopic (exact) mass is 318 g/mol. The van der Waals surface area contributed by atoms with E-state index in [0.717, 1.165) is 10.2 Å². The third kappa shape index (κ3) is 2.65. The van der Waals surface area contributed by atoms with Crippen molar-refractivity contribution in [3.8, 4) is 0 Å². The summed E-state index contributed by atoms with van der Waals surface area (Å²) in [6, 6.07) is 9.15. The summed E-state index contributed by atoms with van der Waals surface area (Å²) in [6.45, 7) is 0. The summed E-state index contributed by atoms with van der Waals surface area (Å²) in [5, 5.41) is 5.26. The molecule has 1 N–H and O–H groups in total. The van der Waals surface area contributed by atoms with Gasteiger partial charge in [-0.05, 0) is 23.6 Å². The Hall–Kier alpha value is -2.25. The first-order valence-corrected chi connectivity index (χ1v) is 7.71. The Balaban J connectivity index is 1.86. The summed E-state index contributed by atoms with van der Waals surface area (Å²) in [5.74, 6) is -0.806. The molecular formula is C14H10N2O3S2. The molecule has 2 aromatic heterocycles. The minimum absolute atomic E-state index is 0.330. The van der Waals surface area contributed by atoms with Crippen molar-refractivity contribution in [3.05, 3.63) is 46.3 Å². The third-order valence-corrected chi connectivity index (χ3v) is 4.65. The lowest BCUT2D eigenvalue weighted by molar-refractivity contribution is 0.0602. The molecule has 0 spiro atoms. The Labute approximate surface area is 128 Å². The first-order chi connectivity index (χ1) is 10.2. The summed E-state index contributed by atoms with van der Waals surface area (Å²) < 4.78 is 5.62. The Morgan fingerprint density at radius 3 is 2.81 bits per heavy atom. The molecule has 0 atom stereocenters. The zero-order valence-electron chi connectivity index (χ0n) is 11.0. The van der Waals surface area contributed by atoms with E-state index in [1.165, 1.54) is 29.8 Å². The highest BCUT2D eigenvalue weighted by molar-refractivity contribution is 7.20. The number of aromatic nitrogens is 1. The molecule has 106 valence electrons. The Morgan fingerprint density at radius 1 is 1.24 bits per heavy atom. The van der Waals surface area contributed by atoms with Crippen LogP contribution in [-0.2, 0) is 4.74 Å². The van der Waals surface area contributed by atoms with Gasteiger partial charge in [-0.1, -0.05) is 12.1 Å². The zero-order valence-corrected chi connectivity index (χ0v) is 12.6. The topological polar surface area (TPSA) is 68.3 Å². The van der Waals surface area contributed by atoms with Crippen LogP contribution in [0.25, 0.3) is 10.2 Å². The fourth-order valence-electron chi connectivity index (χ4n) is 1.80. The van der Waals surface area contributed by atoms with E-state index in [0.29, 0.717) is 15.6 Å². The number of nitrogens with zero attached hydrogens (tertiary/aromatic N) is 1. The van der Waals surface area contributed by atoms with E-state index >= 15 is 0 Å². The van der Waals surface area contributed by atoms with Gasteiger partial charge >= 0.3 is 5.97 Å². The van der Waals surface area contributed by atoms with Gasteiger partial charge in [0.15, 0.2) is 5.01 Å². The van der Waals surface area contributed by atoms with Crippen molar-refractivity contribution in [2.75, 3.05) is 12.4 Å². The molecule has 0 saturated carbocycles. The second-order valence-corrected chi connectivity index (χ2v) is 6.04. The number of methoxy groups -OCH3 is 1. The molecule has 7 heteroatoms. The number of fused-ring (bicyclic) bond motifs is 1. The van der Waals surface area contributed by atoms with E-state index in [-0.39, 0.29) is 5.91 Å². The van der Waals surface area contributed by atoms with Crippen molar-refractivity contribution in [2.45, 2.75) is 0 Å². The van der Waals surface area contributed by atoms with Gasteiger partial charge in [0.05, 0.1) is 22.9 Å². The van der Waals surface area contributed by atoms with Crippen molar-refractivity contribution in [1.29, 1.82) is 0 Å². The van der Waals surface area contributed by atoms with Gasteiger partial charge in [-0.3, -0.25) is 4.79 Å². The molecule has 3 rings (SSSR count). The van der Waals surface area contributed by atoms with Crippen LogP contribution in [-0.4, -0.2) is 24.0 Å². The number of thiazole rings is 1. The summed E-state index contributed by atoms with van der Waals surface area (Å²) in [7, 11) is 1.30. The number of carbonyl (C=O) groups is 2. The minimum atomic E-state index is -0.476. The summed E-state index contributed by atoms with van der Waals surface area (Å²) >= 11 is 2.58. The van der Waals surface area contributed by atoms with Crippen LogP contribution in [0.15, 0.2) is 35.7 Å². The Morgan fingerprint density at radius 2 is 2.05 bits per heavy atom. The number of para-hydroxylation sites is 1. The van der Waals surface area contributed by atoms with Gasteiger partial charge in [0, 0.05) is 0 Å². The molecule has 0 bridgehead atoms. The quantitative estimate of drug-likeness (QED) is 0.752. The Bertz CT molecular complexity index is 789. The van der Waals surface area contributed by atoms with Crippen LogP contribution in [0, 0.1) is 0 Å². The molecule has 21 heavy (non-hydrogen) atoms. The molecule has 1 aromatic carbocycles. The number of amides is 1. The highest BCUT2D eigenvalue weighted by atomic mass is 32.1. The summed E-state index contributed by atoms with van der Waals surface area (Å²) in [6.07, 6.45) is 0. The fourth-order valence-corrected chi connectivity index (χ4v) is 3.43. The number of nitrogens with one attached hydrogen (secondary N) is 1. The van der Waals surface area contributed by atoms with Crippen molar-refractivity contribution in [2.24, 2.45) is 0 Å². The normalized spacial score (nSPS) is 10.5. The van der Waals surface area contributed by atoms with Crippen LogP contribution >= 0.6 is 22.7 Å². The summed E-state index contributed by atoms with van der Waals surface area (Å²) in [4.78, 5) is 28.1. The molecule has 0 aliphatic heterocycles. The van der Waals surface area contributed by atoms with Gasteiger partial charge < -0.3 is 10.1 Å². The largest absolute Gasteiger partial charge is 0.465 e. The lowest BCUT2D eigenvalue weighted by atomic mass is 10.3. The molecule has 0 aliphatic carbocycles. The zero-order chi connectivity index (χ0) is 14.8. The van der Waals surface area contributed by atoms with E-state index in [4.69, 9.17) is 0 Å². The van der Waals surface area contributed by atoms with E-state index < -0.39 is 5.97 Å². The molecule has 3 aromatic rings. The van der Waals surface area contributed by atoms with E-state index in [1.54, 1.807) is 11.4 Å². The Kier molecular flexibility index (Phi) is 3.68. The molecule has 0 aliphatic rings. The fraction of sp³-hybridized carbons (Fsp3) is 0.0714. The molecule has 0 unspecified atom stereocenters. The number of hydrogen-bond donors (Lipinski definition) is 1. The molecule has 1 amide bonds. The number of hydrogen-bond acceptors (Lipinski definition) is 6. The summed E-state index contributed by atoms with van der Waals surface area (Å²) in [5.41, 5.74) is 1.13. The predicted molar refractivity (Wildman–Crippen MR) is 83.2 cm³/mol. The average Bonchev–Trinajstić information content (AvgIpc) is 3.12. The number of rotatable bonds is 3. The van der Waals surface area contributed by atoms with Crippen LogP contribution in [0.5, 0.6) is 0 Å². The molecule has 5 nitrogen and oxygen atoms in total. The predicted octanol–water partition coefficient (Wildman–Crippen LogP) is 3.40. The first kappa shape index (κ1) is 13.7. The highest BCUT2D eigenvalue weighted by Gasteiger charge is 2.18. The van der Waals surface area contributed by atoms with Crippen LogP contribution in [0.3, 0.4) is 0 Å². The van der Waals surface area contributed by atoms with Crippen LogP contribution in [0.4, 0.5) is 5.00 Å². The number of thiophene rings is 1. The van der Waals surface area contributed by atoms with E-state index in [9.17, 15) is 9.59 Å².